The summed E-state index contributed by atoms with van der Waals surface area (Å²) in [6.07, 6.45) is 20.7. The van der Waals surface area contributed by atoms with Crippen LogP contribution in [-0.2, 0) is 0 Å². The molecule has 0 aliphatic heterocycles. The van der Waals surface area contributed by atoms with Crippen molar-refractivity contribution >= 4 is 0 Å². The van der Waals surface area contributed by atoms with Gasteiger partial charge < -0.3 is 0 Å². The van der Waals surface area contributed by atoms with Gasteiger partial charge >= 0.3 is 0 Å². The van der Waals surface area contributed by atoms with Crippen molar-refractivity contribution in [1.82, 2.24) is 0 Å². The predicted octanol–water partition coefficient (Wildman–Crippen LogP) is 8.01. The maximum absolute atomic E-state index is 2.47. The molecule has 0 aromatic heterocycles. The van der Waals surface area contributed by atoms with Gasteiger partial charge in [0.1, 0.15) is 0 Å². The number of rotatable bonds is 12. The smallest absolute Gasteiger partial charge is 0.0362 e. The summed E-state index contributed by atoms with van der Waals surface area (Å²) in [5, 5.41) is 0. The van der Waals surface area contributed by atoms with Gasteiger partial charge in [0.25, 0.3) is 0 Å². The first-order valence-electron chi connectivity index (χ1n) is 10.6. The van der Waals surface area contributed by atoms with Crippen LogP contribution in [0.25, 0.3) is 0 Å². The van der Waals surface area contributed by atoms with E-state index in [1.54, 1.807) is 0 Å². The molecule has 1 fully saturated rings. The van der Waals surface area contributed by atoms with Crippen molar-refractivity contribution in [2.24, 2.45) is 23.7 Å². The first-order valence-corrected chi connectivity index (χ1v) is 10.6. The highest BCUT2D eigenvalue weighted by Crippen LogP contribution is 2.40. The summed E-state index contributed by atoms with van der Waals surface area (Å²) < 4.78 is 0. The number of hydrogen-bond donors (Lipinski definition) is 0. The fourth-order valence-electron chi connectivity index (χ4n) is 4.63. The molecule has 0 heterocycles. The second-order valence-electron chi connectivity index (χ2n) is 8.56. The second-order valence-corrected chi connectivity index (χ2v) is 8.56. The van der Waals surface area contributed by atoms with Gasteiger partial charge in [0.05, 0.1) is 0 Å². The quantitative estimate of drug-likeness (QED) is 0.320. The topological polar surface area (TPSA) is 0 Å². The molecule has 0 N–H and O–H groups in total. The minimum atomic E-state index is 0.903. The van der Waals surface area contributed by atoms with Crippen LogP contribution in [0.5, 0.6) is 0 Å². The fourth-order valence-corrected chi connectivity index (χ4v) is 4.63. The van der Waals surface area contributed by atoms with E-state index >= 15 is 0 Å². The molecule has 3 unspecified atom stereocenters. The van der Waals surface area contributed by atoms with Gasteiger partial charge in [0.15, 0.2) is 0 Å². The zero-order valence-electron chi connectivity index (χ0n) is 16.2. The molecule has 1 saturated carbocycles. The minimum Gasteiger partial charge on any atom is -0.0654 e. The van der Waals surface area contributed by atoms with E-state index in [1.807, 2.05) is 0 Å². The van der Waals surface area contributed by atoms with Crippen molar-refractivity contribution in [3.05, 3.63) is 0 Å². The first kappa shape index (κ1) is 20.0. The molecule has 0 heteroatoms. The van der Waals surface area contributed by atoms with Crippen molar-refractivity contribution in [2.75, 3.05) is 0 Å². The summed E-state index contributed by atoms with van der Waals surface area (Å²) in [6, 6.07) is 0. The second kappa shape index (κ2) is 12.4. The Labute approximate surface area is 141 Å². The average Bonchev–Trinajstić information content (AvgIpc) is 2.49. The van der Waals surface area contributed by atoms with Gasteiger partial charge in [0, 0.05) is 0 Å². The maximum atomic E-state index is 2.47. The highest BCUT2D eigenvalue weighted by molar-refractivity contribution is 4.80. The summed E-state index contributed by atoms with van der Waals surface area (Å²) in [7, 11) is 0. The van der Waals surface area contributed by atoms with E-state index in [0.717, 1.165) is 23.7 Å². The molecule has 1 aliphatic rings. The summed E-state index contributed by atoms with van der Waals surface area (Å²) in [5.74, 6) is 3.95. The van der Waals surface area contributed by atoms with E-state index in [9.17, 15) is 0 Å². The van der Waals surface area contributed by atoms with Crippen LogP contribution in [0.1, 0.15) is 118 Å². The Balaban J connectivity index is 2.00. The molecule has 0 spiro atoms. The van der Waals surface area contributed by atoms with Crippen LogP contribution in [0.3, 0.4) is 0 Å². The third-order valence-corrected chi connectivity index (χ3v) is 6.09. The SMILES string of the molecule is CCCCCCCCCCCCC1CC(C)CCC1C(C)C. The first-order chi connectivity index (χ1) is 10.6. The molecule has 0 aromatic rings. The standard InChI is InChI=1S/C22H44/c1-5-6-7-8-9-10-11-12-13-14-15-21-18-20(4)16-17-22(21)19(2)3/h19-22H,5-18H2,1-4H3. The Bertz CT molecular complexity index is 242. The van der Waals surface area contributed by atoms with Gasteiger partial charge in [-0.2, -0.15) is 0 Å². The molecule has 22 heavy (non-hydrogen) atoms. The van der Waals surface area contributed by atoms with Gasteiger partial charge in [0.2, 0.25) is 0 Å². The van der Waals surface area contributed by atoms with Gasteiger partial charge in [-0.15, -0.1) is 0 Å². The lowest BCUT2D eigenvalue weighted by molar-refractivity contribution is 0.133. The summed E-state index contributed by atoms with van der Waals surface area (Å²) in [6.45, 7) is 9.68. The van der Waals surface area contributed by atoms with Crippen LogP contribution < -0.4 is 0 Å². The fraction of sp³-hybridized carbons (Fsp3) is 1.00. The highest BCUT2D eigenvalue weighted by Gasteiger charge is 2.29. The lowest BCUT2D eigenvalue weighted by atomic mass is 9.68. The van der Waals surface area contributed by atoms with E-state index in [2.05, 4.69) is 27.7 Å². The van der Waals surface area contributed by atoms with Crippen LogP contribution in [0.15, 0.2) is 0 Å². The zero-order chi connectivity index (χ0) is 16.2. The maximum Gasteiger partial charge on any atom is -0.0362 e. The normalized spacial score (nSPS) is 25.8. The molecule has 0 amide bonds. The van der Waals surface area contributed by atoms with Gasteiger partial charge in [-0.05, 0) is 36.5 Å². The Morgan fingerprint density at radius 1 is 0.773 bits per heavy atom. The van der Waals surface area contributed by atoms with E-state index < -0.39 is 0 Å². The van der Waals surface area contributed by atoms with Crippen LogP contribution in [-0.4, -0.2) is 0 Å². The monoisotopic (exact) mass is 308 g/mol. The van der Waals surface area contributed by atoms with E-state index in [0.29, 0.717) is 0 Å². The van der Waals surface area contributed by atoms with Crippen LogP contribution in [0.2, 0.25) is 0 Å². The third-order valence-electron chi connectivity index (χ3n) is 6.09. The molecule has 1 aliphatic carbocycles. The minimum absolute atomic E-state index is 0.903. The summed E-state index contributed by atoms with van der Waals surface area (Å²) in [4.78, 5) is 0. The van der Waals surface area contributed by atoms with Crippen molar-refractivity contribution in [3.63, 3.8) is 0 Å². The molecule has 3 atom stereocenters. The Morgan fingerprint density at radius 3 is 1.86 bits per heavy atom. The summed E-state index contributed by atoms with van der Waals surface area (Å²) >= 11 is 0. The number of hydrogen-bond acceptors (Lipinski definition) is 0. The predicted molar refractivity (Wildman–Crippen MR) is 101 cm³/mol. The molecule has 0 radical (unpaired) electrons. The lowest BCUT2D eigenvalue weighted by Gasteiger charge is -2.37. The van der Waals surface area contributed by atoms with Gasteiger partial charge in [-0.1, -0.05) is 105 Å². The van der Waals surface area contributed by atoms with Gasteiger partial charge in [-0.25, -0.2) is 0 Å². The molecular weight excluding hydrogens is 264 g/mol. The average molecular weight is 309 g/mol. The van der Waals surface area contributed by atoms with Crippen LogP contribution >= 0.6 is 0 Å². The Hall–Kier alpha value is 0. The van der Waals surface area contributed by atoms with Crippen LogP contribution in [0, 0.1) is 23.7 Å². The number of unbranched alkanes of at least 4 members (excludes halogenated alkanes) is 9. The van der Waals surface area contributed by atoms with Crippen molar-refractivity contribution in [2.45, 2.75) is 118 Å². The third kappa shape index (κ3) is 8.59. The lowest BCUT2D eigenvalue weighted by Crippen LogP contribution is -2.27. The molecule has 1 rings (SSSR count). The Morgan fingerprint density at radius 2 is 1.32 bits per heavy atom. The molecule has 0 aromatic carbocycles. The van der Waals surface area contributed by atoms with Crippen molar-refractivity contribution in [3.8, 4) is 0 Å². The highest BCUT2D eigenvalue weighted by atomic mass is 14.3. The van der Waals surface area contributed by atoms with E-state index in [-0.39, 0.29) is 0 Å². The molecule has 132 valence electrons. The molecule has 0 saturated heterocycles. The zero-order valence-corrected chi connectivity index (χ0v) is 16.2. The van der Waals surface area contributed by atoms with Crippen molar-refractivity contribution in [1.29, 1.82) is 0 Å². The van der Waals surface area contributed by atoms with E-state index in [1.165, 1.54) is 89.9 Å². The summed E-state index contributed by atoms with van der Waals surface area (Å²) in [5.41, 5.74) is 0. The largest absolute Gasteiger partial charge is 0.0654 e. The van der Waals surface area contributed by atoms with Crippen molar-refractivity contribution < 1.29 is 0 Å². The van der Waals surface area contributed by atoms with Crippen LogP contribution in [0.4, 0.5) is 0 Å². The van der Waals surface area contributed by atoms with E-state index in [4.69, 9.17) is 0 Å². The Kier molecular flexibility index (Phi) is 11.3. The molecular formula is C22H44. The molecule has 0 bridgehead atoms. The van der Waals surface area contributed by atoms with Gasteiger partial charge in [-0.3, -0.25) is 0 Å². The molecule has 0 nitrogen and oxygen atoms in total.